The lowest BCUT2D eigenvalue weighted by molar-refractivity contribution is 0.417. The van der Waals surface area contributed by atoms with Gasteiger partial charge < -0.3 is 5.73 Å². The lowest BCUT2D eigenvalue weighted by atomic mass is 9.95. The fourth-order valence-electron chi connectivity index (χ4n) is 0.997. The Labute approximate surface area is 81.5 Å². The van der Waals surface area contributed by atoms with E-state index in [1.165, 1.54) is 0 Å². The highest BCUT2D eigenvalue weighted by Gasteiger charge is 2.15. The van der Waals surface area contributed by atoms with Gasteiger partial charge in [-0.2, -0.15) is 11.8 Å². The number of rotatable bonds is 5. The van der Waals surface area contributed by atoms with Gasteiger partial charge in [0.2, 0.25) is 0 Å². The first-order valence-electron chi connectivity index (χ1n) is 4.82. The summed E-state index contributed by atoms with van der Waals surface area (Å²) >= 11 is 2.00. The first-order valence-corrected chi connectivity index (χ1v) is 5.87. The topological polar surface area (TPSA) is 26.0 Å². The molecule has 1 nitrogen and oxygen atoms in total. The first-order chi connectivity index (χ1) is 5.45. The van der Waals surface area contributed by atoms with Gasteiger partial charge in [0.15, 0.2) is 0 Å². The minimum absolute atomic E-state index is 0.330. The Morgan fingerprint density at radius 1 is 1.08 bits per heavy atom. The molecule has 0 spiro atoms. The summed E-state index contributed by atoms with van der Waals surface area (Å²) in [4.78, 5) is 0. The minimum Gasteiger partial charge on any atom is -0.327 e. The van der Waals surface area contributed by atoms with Crippen LogP contribution in [0.4, 0.5) is 0 Å². The molecule has 0 aromatic carbocycles. The standard InChI is InChI=1S/C10H23NS/c1-7(2)9(4)10(5)12-6-8(3)11/h7-10H,6,11H2,1-5H3. The molecule has 0 aliphatic rings. The van der Waals surface area contributed by atoms with Crippen LogP contribution in [-0.2, 0) is 0 Å². The van der Waals surface area contributed by atoms with Gasteiger partial charge in [-0.3, -0.25) is 0 Å². The fourth-order valence-corrected chi connectivity index (χ4v) is 2.22. The van der Waals surface area contributed by atoms with Crippen molar-refractivity contribution in [1.82, 2.24) is 0 Å². The van der Waals surface area contributed by atoms with E-state index in [0.29, 0.717) is 6.04 Å². The number of hydrogen-bond acceptors (Lipinski definition) is 2. The fraction of sp³-hybridized carbons (Fsp3) is 1.00. The van der Waals surface area contributed by atoms with Gasteiger partial charge in [0.25, 0.3) is 0 Å². The molecule has 2 N–H and O–H groups in total. The van der Waals surface area contributed by atoms with E-state index in [4.69, 9.17) is 5.73 Å². The van der Waals surface area contributed by atoms with Crippen molar-refractivity contribution in [3.05, 3.63) is 0 Å². The zero-order valence-electron chi connectivity index (χ0n) is 9.00. The molecule has 0 aliphatic carbocycles. The smallest absolute Gasteiger partial charge is 0.0102 e. The molecule has 0 rings (SSSR count). The van der Waals surface area contributed by atoms with E-state index in [2.05, 4.69) is 34.6 Å². The Bertz CT molecular complexity index is 112. The van der Waals surface area contributed by atoms with Crippen LogP contribution in [0, 0.1) is 11.8 Å². The normalized spacial score (nSPS) is 19.2. The summed E-state index contributed by atoms with van der Waals surface area (Å²) in [6, 6.07) is 0.330. The van der Waals surface area contributed by atoms with E-state index < -0.39 is 0 Å². The Balaban J connectivity index is 3.64. The zero-order chi connectivity index (χ0) is 9.72. The van der Waals surface area contributed by atoms with Crippen LogP contribution in [0.2, 0.25) is 0 Å². The number of nitrogens with two attached hydrogens (primary N) is 1. The summed E-state index contributed by atoms with van der Waals surface area (Å²) in [5.74, 6) is 2.65. The number of hydrogen-bond donors (Lipinski definition) is 1. The van der Waals surface area contributed by atoms with E-state index in [-0.39, 0.29) is 0 Å². The second kappa shape index (κ2) is 5.87. The van der Waals surface area contributed by atoms with E-state index in [1.807, 2.05) is 11.8 Å². The molecule has 74 valence electrons. The van der Waals surface area contributed by atoms with Crippen molar-refractivity contribution >= 4 is 11.8 Å². The molecule has 3 atom stereocenters. The number of thioether (sulfide) groups is 1. The van der Waals surface area contributed by atoms with Crippen molar-refractivity contribution in [3.63, 3.8) is 0 Å². The van der Waals surface area contributed by atoms with Gasteiger partial charge >= 0.3 is 0 Å². The maximum atomic E-state index is 5.70. The summed E-state index contributed by atoms with van der Waals surface area (Å²) in [6.07, 6.45) is 0. The van der Waals surface area contributed by atoms with Crippen LogP contribution in [0.25, 0.3) is 0 Å². The third-order valence-corrected chi connectivity index (χ3v) is 4.09. The van der Waals surface area contributed by atoms with Crippen LogP contribution in [0.15, 0.2) is 0 Å². The quantitative estimate of drug-likeness (QED) is 0.719. The van der Waals surface area contributed by atoms with Crippen LogP contribution in [0.1, 0.15) is 34.6 Å². The zero-order valence-corrected chi connectivity index (χ0v) is 9.82. The summed E-state index contributed by atoms with van der Waals surface area (Å²) in [6.45, 7) is 11.3. The van der Waals surface area contributed by atoms with Gasteiger partial charge in [0.1, 0.15) is 0 Å². The van der Waals surface area contributed by atoms with Crippen molar-refractivity contribution in [2.45, 2.75) is 45.9 Å². The third-order valence-electron chi connectivity index (χ3n) is 2.41. The second-order valence-corrected chi connectivity index (χ2v) is 5.53. The molecule has 12 heavy (non-hydrogen) atoms. The van der Waals surface area contributed by atoms with Crippen LogP contribution in [-0.4, -0.2) is 17.0 Å². The average Bonchev–Trinajstić information content (AvgIpc) is 1.98. The monoisotopic (exact) mass is 189 g/mol. The van der Waals surface area contributed by atoms with E-state index in [1.54, 1.807) is 0 Å². The molecule has 0 amide bonds. The van der Waals surface area contributed by atoms with Gasteiger partial charge in [-0.05, 0) is 18.8 Å². The molecule has 0 saturated carbocycles. The van der Waals surface area contributed by atoms with Crippen LogP contribution in [0.3, 0.4) is 0 Å². The maximum absolute atomic E-state index is 5.70. The van der Waals surface area contributed by atoms with Crippen LogP contribution >= 0.6 is 11.8 Å². The van der Waals surface area contributed by atoms with Gasteiger partial charge in [-0.25, -0.2) is 0 Å². The third kappa shape index (κ3) is 5.04. The summed E-state index contributed by atoms with van der Waals surface area (Å²) in [5, 5.41) is 0.732. The van der Waals surface area contributed by atoms with E-state index in [0.717, 1.165) is 22.8 Å². The molecule has 0 saturated heterocycles. The largest absolute Gasteiger partial charge is 0.327 e. The Kier molecular flexibility index (Phi) is 6.02. The Morgan fingerprint density at radius 3 is 1.92 bits per heavy atom. The maximum Gasteiger partial charge on any atom is 0.0102 e. The molecule has 0 aromatic heterocycles. The molecule has 2 heteroatoms. The van der Waals surface area contributed by atoms with E-state index >= 15 is 0 Å². The lowest BCUT2D eigenvalue weighted by Crippen LogP contribution is -2.22. The second-order valence-electron chi connectivity index (χ2n) is 4.12. The van der Waals surface area contributed by atoms with Gasteiger partial charge in [-0.15, -0.1) is 0 Å². The molecular weight excluding hydrogens is 166 g/mol. The van der Waals surface area contributed by atoms with Crippen molar-refractivity contribution < 1.29 is 0 Å². The Hall–Kier alpha value is 0.310. The summed E-state index contributed by atoms with van der Waals surface area (Å²) < 4.78 is 0. The predicted octanol–water partition coefficient (Wildman–Crippen LogP) is 2.75. The van der Waals surface area contributed by atoms with Crippen LogP contribution in [0.5, 0.6) is 0 Å². The molecule has 0 aromatic rings. The molecule has 3 unspecified atom stereocenters. The molecule has 0 bridgehead atoms. The Morgan fingerprint density at radius 2 is 1.58 bits per heavy atom. The molecular formula is C10H23NS. The molecule has 0 heterocycles. The minimum atomic E-state index is 0.330. The highest BCUT2D eigenvalue weighted by atomic mass is 32.2. The lowest BCUT2D eigenvalue weighted by Gasteiger charge is -2.23. The van der Waals surface area contributed by atoms with Gasteiger partial charge in [-0.1, -0.05) is 27.7 Å². The molecule has 0 fully saturated rings. The van der Waals surface area contributed by atoms with Crippen molar-refractivity contribution in [1.29, 1.82) is 0 Å². The first kappa shape index (κ1) is 12.3. The summed E-state index contributed by atoms with van der Waals surface area (Å²) in [5.41, 5.74) is 5.70. The van der Waals surface area contributed by atoms with Crippen molar-refractivity contribution in [3.8, 4) is 0 Å². The van der Waals surface area contributed by atoms with Gasteiger partial charge in [0.05, 0.1) is 0 Å². The van der Waals surface area contributed by atoms with Gasteiger partial charge in [0, 0.05) is 17.0 Å². The van der Waals surface area contributed by atoms with Crippen molar-refractivity contribution in [2.75, 3.05) is 5.75 Å². The highest BCUT2D eigenvalue weighted by molar-refractivity contribution is 7.99. The average molecular weight is 189 g/mol. The molecule has 0 aliphatic heterocycles. The van der Waals surface area contributed by atoms with Crippen molar-refractivity contribution in [2.24, 2.45) is 17.6 Å². The molecule has 0 radical (unpaired) electrons. The van der Waals surface area contributed by atoms with Crippen LogP contribution < -0.4 is 5.73 Å². The predicted molar refractivity (Wildman–Crippen MR) is 59.6 cm³/mol. The highest BCUT2D eigenvalue weighted by Crippen LogP contribution is 2.25. The summed E-state index contributed by atoms with van der Waals surface area (Å²) in [7, 11) is 0. The van der Waals surface area contributed by atoms with E-state index in [9.17, 15) is 0 Å². The SMILES string of the molecule is CC(N)CSC(C)C(C)C(C)C.